The zero-order chi connectivity index (χ0) is 17.9. The van der Waals surface area contributed by atoms with E-state index in [1.807, 2.05) is 18.2 Å². The molecule has 0 bridgehead atoms. The van der Waals surface area contributed by atoms with Gasteiger partial charge in [-0.25, -0.2) is 0 Å². The first kappa shape index (κ1) is 16.8. The molecular formula is C21H24N2O3. The summed E-state index contributed by atoms with van der Waals surface area (Å²) in [5.41, 5.74) is 2.50. The monoisotopic (exact) mass is 352 g/mol. The second-order valence-electron chi connectivity index (χ2n) is 7.00. The SMILES string of the molecule is CC1CCN(c2ccccc2NC(=O)c2ccc3c(c2)OCCO3)CC1. The van der Waals surface area contributed by atoms with Crippen LogP contribution in [0.15, 0.2) is 42.5 Å². The Bertz CT molecular complexity index is 798. The number of hydrogen-bond donors (Lipinski definition) is 1. The van der Waals surface area contributed by atoms with Crippen molar-refractivity contribution in [3.8, 4) is 11.5 Å². The number of anilines is 2. The van der Waals surface area contributed by atoms with Crippen LogP contribution in [0.25, 0.3) is 0 Å². The third kappa shape index (κ3) is 3.47. The molecule has 5 heteroatoms. The Hall–Kier alpha value is -2.69. The molecule has 0 aliphatic carbocycles. The van der Waals surface area contributed by atoms with Gasteiger partial charge in [0.2, 0.25) is 0 Å². The van der Waals surface area contributed by atoms with Crippen LogP contribution in [-0.2, 0) is 0 Å². The fourth-order valence-electron chi connectivity index (χ4n) is 3.48. The van der Waals surface area contributed by atoms with Crippen molar-refractivity contribution >= 4 is 17.3 Å². The molecule has 0 radical (unpaired) electrons. The molecule has 26 heavy (non-hydrogen) atoms. The highest BCUT2D eigenvalue weighted by Crippen LogP contribution is 2.32. The molecule has 2 aromatic carbocycles. The van der Waals surface area contributed by atoms with E-state index >= 15 is 0 Å². The zero-order valence-electron chi connectivity index (χ0n) is 15.0. The number of nitrogens with zero attached hydrogens (tertiary/aromatic N) is 1. The van der Waals surface area contributed by atoms with Crippen molar-refractivity contribution < 1.29 is 14.3 Å². The van der Waals surface area contributed by atoms with Crippen molar-refractivity contribution in [3.63, 3.8) is 0 Å². The van der Waals surface area contributed by atoms with Gasteiger partial charge in [0.25, 0.3) is 5.91 Å². The van der Waals surface area contributed by atoms with Gasteiger partial charge < -0.3 is 19.7 Å². The van der Waals surface area contributed by atoms with E-state index in [1.54, 1.807) is 18.2 Å². The van der Waals surface area contributed by atoms with Crippen LogP contribution >= 0.6 is 0 Å². The van der Waals surface area contributed by atoms with Crippen LogP contribution in [0.3, 0.4) is 0 Å². The molecule has 1 saturated heterocycles. The molecule has 0 unspecified atom stereocenters. The molecule has 136 valence electrons. The van der Waals surface area contributed by atoms with E-state index in [-0.39, 0.29) is 5.91 Å². The highest BCUT2D eigenvalue weighted by atomic mass is 16.6. The number of piperidine rings is 1. The number of ether oxygens (including phenoxy) is 2. The summed E-state index contributed by atoms with van der Waals surface area (Å²) in [6, 6.07) is 13.3. The molecule has 0 spiro atoms. The molecule has 0 saturated carbocycles. The molecule has 5 nitrogen and oxygen atoms in total. The first-order valence-electron chi connectivity index (χ1n) is 9.26. The second kappa shape index (κ2) is 7.28. The van der Waals surface area contributed by atoms with Crippen molar-refractivity contribution in [2.75, 3.05) is 36.5 Å². The summed E-state index contributed by atoms with van der Waals surface area (Å²) in [7, 11) is 0. The fraction of sp³-hybridized carbons (Fsp3) is 0.381. The van der Waals surface area contributed by atoms with E-state index in [9.17, 15) is 4.79 Å². The molecule has 2 aliphatic heterocycles. The molecule has 1 N–H and O–H groups in total. The van der Waals surface area contributed by atoms with Crippen LogP contribution < -0.4 is 19.7 Å². The molecular weight excluding hydrogens is 328 g/mol. The molecule has 0 atom stereocenters. The van der Waals surface area contributed by atoms with Gasteiger partial charge in [0, 0.05) is 18.7 Å². The minimum absolute atomic E-state index is 0.139. The zero-order valence-corrected chi connectivity index (χ0v) is 15.0. The summed E-state index contributed by atoms with van der Waals surface area (Å²) in [6.07, 6.45) is 2.37. The Morgan fingerprint density at radius 1 is 1.04 bits per heavy atom. The molecule has 0 aromatic heterocycles. The van der Waals surface area contributed by atoms with Crippen molar-refractivity contribution in [3.05, 3.63) is 48.0 Å². The van der Waals surface area contributed by atoms with Crippen LogP contribution in [0.4, 0.5) is 11.4 Å². The van der Waals surface area contributed by atoms with E-state index in [2.05, 4.69) is 23.2 Å². The summed E-state index contributed by atoms with van der Waals surface area (Å²) in [6.45, 7) is 5.40. The summed E-state index contributed by atoms with van der Waals surface area (Å²) < 4.78 is 11.1. The third-order valence-corrected chi connectivity index (χ3v) is 5.08. The lowest BCUT2D eigenvalue weighted by Crippen LogP contribution is -2.33. The lowest BCUT2D eigenvalue weighted by atomic mass is 9.98. The molecule has 4 rings (SSSR count). The van der Waals surface area contributed by atoms with Gasteiger partial charge in [-0.3, -0.25) is 4.79 Å². The third-order valence-electron chi connectivity index (χ3n) is 5.08. The maximum atomic E-state index is 12.8. The van der Waals surface area contributed by atoms with E-state index < -0.39 is 0 Å². The summed E-state index contributed by atoms with van der Waals surface area (Å²) in [5, 5.41) is 3.07. The number of benzene rings is 2. The van der Waals surface area contributed by atoms with E-state index in [0.717, 1.165) is 30.4 Å². The average molecular weight is 352 g/mol. The number of amides is 1. The lowest BCUT2D eigenvalue weighted by Gasteiger charge is -2.33. The van der Waals surface area contributed by atoms with Crippen molar-refractivity contribution in [2.24, 2.45) is 5.92 Å². The Morgan fingerprint density at radius 3 is 2.58 bits per heavy atom. The van der Waals surface area contributed by atoms with Crippen molar-refractivity contribution in [1.29, 1.82) is 0 Å². The van der Waals surface area contributed by atoms with Gasteiger partial charge in [-0.2, -0.15) is 0 Å². The Balaban J connectivity index is 1.53. The lowest BCUT2D eigenvalue weighted by molar-refractivity contribution is 0.102. The first-order chi connectivity index (χ1) is 12.7. The Labute approximate surface area is 153 Å². The van der Waals surface area contributed by atoms with Gasteiger partial charge >= 0.3 is 0 Å². The normalized spacial score (nSPS) is 17.0. The number of nitrogens with one attached hydrogen (secondary N) is 1. The fourth-order valence-corrected chi connectivity index (χ4v) is 3.48. The van der Waals surface area contributed by atoms with Gasteiger partial charge in [-0.15, -0.1) is 0 Å². The predicted molar refractivity (Wildman–Crippen MR) is 102 cm³/mol. The van der Waals surface area contributed by atoms with Crippen LogP contribution in [-0.4, -0.2) is 32.2 Å². The van der Waals surface area contributed by atoms with Crippen molar-refractivity contribution in [1.82, 2.24) is 0 Å². The van der Waals surface area contributed by atoms with Crippen molar-refractivity contribution in [2.45, 2.75) is 19.8 Å². The maximum Gasteiger partial charge on any atom is 0.255 e. The number of rotatable bonds is 3. The van der Waals surface area contributed by atoms with Crippen LogP contribution in [0.1, 0.15) is 30.1 Å². The van der Waals surface area contributed by atoms with Gasteiger partial charge in [-0.1, -0.05) is 19.1 Å². The van der Waals surface area contributed by atoms with Crippen LogP contribution in [0.2, 0.25) is 0 Å². The predicted octanol–water partition coefficient (Wildman–Crippen LogP) is 3.95. The number of fused-ring (bicyclic) bond motifs is 1. The summed E-state index contributed by atoms with van der Waals surface area (Å²) in [4.78, 5) is 15.1. The molecule has 2 heterocycles. The first-order valence-corrected chi connectivity index (χ1v) is 9.26. The summed E-state index contributed by atoms with van der Waals surface area (Å²) >= 11 is 0. The Kier molecular flexibility index (Phi) is 4.69. The van der Waals surface area contributed by atoms with Gasteiger partial charge in [-0.05, 0) is 49.1 Å². The second-order valence-corrected chi connectivity index (χ2v) is 7.00. The highest BCUT2D eigenvalue weighted by molar-refractivity contribution is 6.06. The average Bonchev–Trinajstić information content (AvgIpc) is 2.69. The smallest absolute Gasteiger partial charge is 0.255 e. The van der Waals surface area contributed by atoms with Crippen LogP contribution in [0, 0.1) is 5.92 Å². The number of hydrogen-bond acceptors (Lipinski definition) is 4. The molecule has 2 aromatic rings. The van der Waals surface area contributed by atoms with E-state index in [4.69, 9.17) is 9.47 Å². The van der Waals surface area contributed by atoms with E-state index in [1.165, 1.54) is 12.8 Å². The standard InChI is InChI=1S/C21H24N2O3/c1-15-8-10-23(11-9-15)18-5-3-2-4-17(18)22-21(24)16-6-7-19-20(14-16)26-13-12-25-19/h2-7,14-15H,8-13H2,1H3,(H,22,24). The highest BCUT2D eigenvalue weighted by Gasteiger charge is 2.20. The maximum absolute atomic E-state index is 12.8. The van der Waals surface area contributed by atoms with Gasteiger partial charge in [0.05, 0.1) is 11.4 Å². The number of para-hydroxylation sites is 2. The van der Waals surface area contributed by atoms with Gasteiger partial charge in [0.1, 0.15) is 13.2 Å². The van der Waals surface area contributed by atoms with Gasteiger partial charge in [0.15, 0.2) is 11.5 Å². The van der Waals surface area contributed by atoms with Crippen LogP contribution in [0.5, 0.6) is 11.5 Å². The molecule has 1 amide bonds. The summed E-state index contributed by atoms with van der Waals surface area (Å²) in [5.74, 6) is 1.95. The Morgan fingerprint density at radius 2 is 1.77 bits per heavy atom. The number of carbonyl (C=O) groups excluding carboxylic acids is 1. The quantitative estimate of drug-likeness (QED) is 0.909. The number of carbonyl (C=O) groups is 1. The largest absolute Gasteiger partial charge is 0.486 e. The molecule has 1 fully saturated rings. The topological polar surface area (TPSA) is 50.8 Å². The minimum atomic E-state index is -0.139. The van der Waals surface area contributed by atoms with E-state index in [0.29, 0.717) is 30.3 Å². The minimum Gasteiger partial charge on any atom is -0.486 e. The molecule has 2 aliphatic rings.